The third-order valence-corrected chi connectivity index (χ3v) is 2.99. The molecule has 1 atom stereocenters. The fourth-order valence-corrected chi connectivity index (χ4v) is 2.30. The molecule has 0 saturated carbocycles. The van der Waals surface area contributed by atoms with Crippen LogP contribution < -0.4 is 0 Å². The van der Waals surface area contributed by atoms with Gasteiger partial charge in [-0.05, 0) is 38.0 Å². The molecule has 0 amide bonds. The van der Waals surface area contributed by atoms with Gasteiger partial charge < -0.3 is 4.74 Å². The monoisotopic (exact) mass is 184 g/mol. The minimum Gasteiger partial charge on any atom is -0.375 e. The molecule has 1 unspecified atom stereocenters. The second-order valence-corrected chi connectivity index (χ2v) is 5.97. The zero-order chi connectivity index (χ0) is 10.1. The van der Waals surface area contributed by atoms with Gasteiger partial charge in [0.25, 0.3) is 0 Å². The minimum absolute atomic E-state index is 0.117. The molecule has 1 fully saturated rings. The van der Waals surface area contributed by atoms with Gasteiger partial charge in [-0.2, -0.15) is 0 Å². The summed E-state index contributed by atoms with van der Waals surface area (Å²) in [5, 5.41) is 0. The van der Waals surface area contributed by atoms with Crippen molar-refractivity contribution in [3.8, 4) is 0 Å². The zero-order valence-electron chi connectivity index (χ0n) is 9.81. The molecule has 0 spiro atoms. The van der Waals surface area contributed by atoms with Gasteiger partial charge >= 0.3 is 0 Å². The molecule has 0 aromatic carbocycles. The molecular weight excluding hydrogens is 160 g/mol. The van der Waals surface area contributed by atoms with Crippen LogP contribution >= 0.6 is 0 Å². The van der Waals surface area contributed by atoms with Crippen LogP contribution in [0.3, 0.4) is 0 Å². The van der Waals surface area contributed by atoms with Crippen LogP contribution in [0.25, 0.3) is 0 Å². The van der Waals surface area contributed by atoms with Gasteiger partial charge in [-0.15, -0.1) is 0 Å². The Hall–Kier alpha value is -0.0400. The Kier molecular flexibility index (Phi) is 3.06. The van der Waals surface area contributed by atoms with Gasteiger partial charge in [-0.1, -0.05) is 27.2 Å². The van der Waals surface area contributed by atoms with E-state index in [4.69, 9.17) is 4.74 Å². The standard InChI is InChI=1S/C12H24O/c1-10(2)6-7-12(5)8-11(3,4)13-9-12/h10H,6-9H2,1-5H3. The fraction of sp³-hybridized carbons (Fsp3) is 1.00. The molecule has 78 valence electrons. The predicted octanol–water partition coefficient (Wildman–Crippen LogP) is 3.63. The van der Waals surface area contributed by atoms with E-state index in [1.165, 1.54) is 19.3 Å². The molecule has 1 heteroatoms. The van der Waals surface area contributed by atoms with Crippen LogP contribution in [0.4, 0.5) is 0 Å². The van der Waals surface area contributed by atoms with E-state index < -0.39 is 0 Å². The summed E-state index contributed by atoms with van der Waals surface area (Å²) in [5.74, 6) is 0.820. The van der Waals surface area contributed by atoms with E-state index in [9.17, 15) is 0 Å². The first kappa shape index (κ1) is 11.0. The Morgan fingerprint density at radius 2 is 1.85 bits per heavy atom. The summed E-state index contributed by atoms with van der Waals surface area (Å²) < 4.78 is 5.79. The Bertz CT molecular complexity index is 172. The summed E-state index contributed by atoms with van der Waals surface area (Å²) >= 11 is 0. The molecule has 1 heterocycles. The lowest BCUT2D eigenvalue weighted by Crippen LogP contribution is -2.21. The number of hydrogen-bond acceptors (Lipinski definition) is 1. The van der Waals surface area contributed by atoms with Crippen LogP contribution in [0, 0.1) is 11.3 Å². The molecule has 0 bridgehead atoms. The normalized spacial score (nSPS) is 32.8. The summed E-state index contributed by atoms with van der Waals surface area (Å²) in [6.45, 7) is 12.3. The molecule has 1 aliphatic rings. The molecule has 1 nitrogen and oxygen atoms in total. The Morgan fingerprint density at radius 3 is 2.23 bits per heavy atom. The van der Waals surface area contributed by atoms with E-state index in [-0.39, 0.29) is 5.60 Å². The van der Waals surface area contributed by atoms with E-state index in [0.717, 1.165) is 12.5 Å². The number of rotatable bonds is 3. The molecular formula is C12H24O. The van der Waals surface area contributed by atoms with Gasteiger partial charge in [0.1, 0.15) is 0 Å². The average Bonchev–Trinajstić information content (AvgIpc) is 2.23. The summed E-state index contributed by atoms with van der Waals surface area (Å²) in [5.41, 5.74) is 0.555. The van der Waals surface area contributed by atoms with E-state index in [0.29, 0.717) is 5.41 Å². The topological polar surface area (TPSA) is 9.23 Å². The van der Waals surface area contributed by atoms with Gasteiger partial charge in [0.2, 0.25) is 0 Å². The summed E-state index contributed by atoms with van der Waals surface area (Å²) in [6.07, 6.45) is 3.86. The van der Waals surface area contributed by atoms with Crippen LogP contribution in [0.1, 0.15) is 53.9 Å². The Labute approximate surface area is 82.9 Å². The SMILES string of the molecule is CC(C)CCC1(C)COC(C)(C)C1. The van der Waals surface area contributed by atoms with E-state index >= 15 is 0 Å². The maximum atomic E-state index is 5.79. The van der Waals surface area contributed by atoms with Gasteiger partial charge in [0.05, 0.1) is 12.2 Å². The van der Waals surface area contributed by atoms with E-state index in [1.807, 2.05) is 0 Å². The highest BCUT2D eigenvalue weighted by Crippen LogP contribution is 2.42. The first-order valence-electron chi connectivity index (χ1n) is 5.47. The minimum atomic E-state index is 0.117. The smallest absolute Gasteiger partial charge is 0.0632 e. The summed E-state index contributed by atoms with van der Waals surface area (Å²) in [6, 6.07) is 0. The van der Waals surface area contributed by atoms with Crippen molar-refractivity contribution in [1.82, 2.24) is 0 Å². The highest BCUT2D eigenvalue weighted by molar-refractivity contribution is 4.89. The highest BCUT2D eigenvalue weighted by Gasteiger charge is 2.40. The van der Waals surface area contributed by atoms with Crippen molar-refractivity contribution in [3.63, 3.8) is 0 Å². The van der Waals surface area contributed by atoms with Crippen molar-refractivity contribution < 1.29 is 4.74 Å². The molecule has 1 rings (SSSR count). The first-order valence-corrected chi connectivity index (χ1v) is 5.47. The van der Waals surface area contributed by atoms with Gasteiger partial charge in [-0.3, -0.25) is 0 Å². The third kappa shape index (κ3) is 3.30. The van der Waals surface area contributed by atoms with Crippen LogP contribution in [-0.4, -0.2) is 12.2 Å². The lowest BCUT2D eigenvalue weighted by Gasteiger charge is -2.24. The van der Waals surface area contributed by atoms with Crippen molar-refractivity contribution in [2.75, 3.05) is 6.61 Å². The maximum Gasteiger partial charge on any atom is 0.0632 e. The molecule has 0 N–H and O–H groups in total. The number of ether oxygens (including phenoxy) is 1. The molecule has 1 aliphatic heterocycles. The maximum absolute atomic E-state index is 5.79. The van der Waals surface area contributed by atoms with Crippen molar-refractivity contribution >= 4 is 0 Å². The first-order chi connectivity index (χ1) is 5.83. The van der Waals surface area contributed by atoms with Crippen molar-refractivity contribution in [3.05, 3.63) is 0 Å². The van der Waals surface area contributed by atoms with Crippen LogP contribution in [0.5, 0.6) is 0 Å². The summed E-state index contributed by atoms with van der Waals surface area (Å²) in [4.78, 5) is 0. The lowest BCUT2D eigenvalue weighted by molar-refractivity contribution is 0.0313. The number of hydrogen-bond donors (Lipinski definition) is 0. The van der Waals surface area contributed by atoms with Crippen LogP contribution in [0.2, 0.25) is 0 Å². The molecule has 1 saturated heterocycles. The summed E-state index contributed by atoms with van der Waals surface area (Å²) in [7, 11) is 0. The van der Waals surface area contributed by atoms with Crippen molar-refractivity contribution in [1.29, 1.82) is 0 Å². The highest BCUT2D eigenvalue weighted by atomic mass is 16.5. The van der Waals surface area contributed by atoms with Gasteiger partial charge in [0, 0.05) is 0 Å². The third-order valence-electron chi connectivity index (χ3n) is 2.99. The largest absolute Gasteiger partial charge is 0.375 e. The quantitative estimate of drug-likeness (QED) is 0.651. The van der Waals surface area contributed by atoms with Crippen molar-refractivity contribution in [2.24, 2.45) is 11.3 Å². The van der Waals surface area contributed by atoms with Gasteiger partial charge in [0.15, 0.2) is 0 Å². The molecule has 13 heavy (non-hydrogen) atoms. The molecule has 0 aromatic heterocycles. The van der Waals surface area contributed by atoms with Crippen LogP contribution in [-0.2, 0) is 4.74 Å². The average molecular weight is 184 g/mol. The Morgan fingerprint density at radius 1 is 1.23 bits per heavy atom. The van der Waals surface area contributed by atoms with Crippen molar-refractivity contribution in [2.45, 2.75) is 59.5 Å². The zero-order valence-corrected chi connectivity index (χ0v) is 9.81. The molecule has 0 aromatic rings. The fourth-order valence-electron chi connectivity index (χ4n) is 2.30. The Balaban J connectivity index is 2.41. The predicted molar refractivity (Wildman–Crippen MR) is 56.8 cm³/mol. The lowest BCUT2D eigenvalue weighted by atomic mass is 9.79. The van der Waals surface area contributed by atoms with E-state index in [2.05, 4.69) is 34.6 Å². The van der Waals surface area contributed by atoms with E-state index in [1.54, 1.807) is 0 Å². The molecule has 0 radical (unpaired) electrons. The molecule has 0 aliphatic carbocycles. The van der Waals surface area contributed by atoms with Crippen LogP contribution in [0.15, 0.2) is 0 Å². The second-order valence-electron chi connectivity index (χ2n) is 5.97. The van der Waals surface area contributed by atoms with Gasteiger partial charge in [-0.25, -0.2) is 0 Å². The second kappa shape index (κ2) is 3.61.